The lowest BCUT2D eigenvalue weighted by Gasteiger charge is -2.26. The van der Waals surface area contributed by atoms with E-state index in [2.05, 4.69) is 4.90 Å². The van der Waals surface area contributed by atoms with Crippen LogP contribution in [0.3, 0.4) is 0 Å². The summed E-state index contributed by atoms with van der Waals surface area (Å²) in [6, 6.07) is 0. The molecule has 88 valence electrons. The fraction of sp³-hybridized carbons (Fsp3) is 0.909. The van der Waals surface area contributed by atoms with Crippen LogP contribution >= 0.6 is 0 Å². The van der Waals surface area contributed by atoms with E-state index in [1.165, 1.54) is 38.9 Å². The third kappa shape index (κ3) is 6.47. The lowest BCUT2D eigenvalue weighted by atomic mass is 10.1. The van der Waals surface area contributed by atoms with Gasteiger partial charge in [0.05, 0.1) is 0 Å². The molecule has 0 aromatic carbocycles. The zero-order chi connectivity index (χ0) is 10.9. The van der Waals surface area contributed by atoms with E-state index in [1.54, 1.807) is 0 Å². The van der Waals surface area contributed by atoms with E-state index in [0.29, 0.717) is 6.61 Å². The molecule has 0 unspecified atom stereocenters. The predicted molar refractivity (Wildman–Crippen MR) is 59.5 cm³/mol. The molecule has 0 atom stereocenters. The van der Waals surface area contributed by atoms with Crippen molar-refractivity contribution in [2.45, 2.75) is 32.1 Å². The number of carbonyl (C=O) groups is 1. The van der Waals surface area contributed by atoms with Crippen LogP contribution in [0.5, 0.6) is 0 Å². The van der Waals surface area contributed by atoms with Gasteiger partial charge in [0, 0.05) is 6.61 Å². The number of ether oxygens (including phenoxy) is 1. The highest BCUT2D eigenvalue weighted by Crippen LogP contribution is 2.09. The normalized spacial score (nSPS) is 17.9. The fourth-order valence-electron chi connectivity index (χ4n) is 1.90. The molecule has 1 saturated heterocycles. The number of carbonyl (C=O) groups excluding carboxylic acids is 1. The topological polar surface area (TPSA) is 55.6 Å². The van der Waals surface area contributed by atoms with Crippen molar-refractivity contribution in [2.75, 3.05) is 32.8 Å². The molecule has 4 nitrogen and oxygen atoms in total. The van der Waals surface area contributed by atoms with Crippen molar-refractivity contribution < 1.29 is 9.53 Å². The molecule has 0 aromatic rings. The summed E-state index contributed by atoms with van der Waals surface area (Å²) < 4.78 is 5.09. The SMILES string of the molecule is NC(=O)COCCCCN1CCCCC1. The average molecular weight is 214 g/mol. The molecule has 1 amide bonds. The first-order valence-corrected chi connectivity index (χ1v) is 5.87. The van der Waals surface area contributed by atoms with Gasteiger partial charge in [0.15, 0.2) is 0 Å². The molecule has 0 bridgehead atoms. The second-order valence-electron chi connectivity index (χ2n) is 4.13. The Labute approximate surface area is 91.8 Å². The predicted octanol–water partition coefficient (Wildman–Crippen LogP) is 0.754. The molecule has 0 saturated carbocycles. The first-order valence-electron chi connectivity index (χ1n) is 5.87. The first-order chi connectivity index (χ1) is 7.29. The van der Waals surface area contributed by atoms with Crippen molar-refractivity contribution in [1.82, 2.24) is 4.90 Å². The van der Waals surface area contributed by atoms with Crippen LogP contribution in [0.15, 0.2) is 0 Å². The summed E-state index contributed by atoms with van der Waals surface area (Å²) in [5.41, 5.74) is 4.95. The highest BCUT2D eigenvalue weighted by molar-refractivity contribution is 5.74. The van der Waals surface area contributed by atoms with Crippen molar-refractivity contribution in [1.29, 1.82) is 0 Å². The fourth-order valence-corrected chi connectivity index (χ4v) is 1.90. The number of likely N-dealkylation sites (tertiary alicyclic amines) is 1. The van der Waals surface area contributed by atoms with Gasteiger partial charge in [-0.25, -0.2) is 0 Å². The van der Waals surface area contributed by atoms with Gasteiger partial charge in [-0.15, -0.1) is 0 Å². The van der Waals surface area contributed by atoms with Crippen molar-refractivity contribution >= 4 is 5.91 Å². The van der Waals surface area contributed by atoms with Gasteiger partial charge in [0.25, 0.3) is 0 Å². The number of rotatable bonds is 7. The summed E-state index contributed by atoms with van der Waals surface area (Å²) >= 11 is 0. The van der Waals surface area contributed by atoms with Crippen LogP contribution in [0.4, 0.5) is 0 Å². The molecule has 1 aliphatic rings. The number of primary amides is 1. The Bertz CT molecular complexity index is 179. The third-order valence-electron chi connectivity index (χ3n) is 2.71. The molecule has 2 N–H and O–H groups in total. The molecule has 1 heterocycles. The second kappa shape index (κ2) is 7.65. The molecule has 1 fully saturated rings. The van der Waals surface area contributed by atoms with E-state index >= 15 is 0 Å². The quantitative estimate of drug-likeness (QED) is 0.636. The lowest BCUT2D eigenvalue weighted by molar-refractivity contribution is -0.122. The van der Waals surface area contributed by atoms with E-state index in [4.69, 9.17) is 10.5 Å². The van der Waals surface area contributed by atoms with Crippen molar-refractivity contribution in [2.24, 2.45) is 5.73 Å². The summed E-state index contributed by atoms with van der Waals surface area (Å²) in [6.45, 7) is 4.38. The number of nitrogens with zero attached hydrogens (tertiary/aromatic N) is 1. The Hall–Kier alpha value is -0.610. The Morgan fingerprint density at radius 1 is 1.20 bits per heavy atom. The summed E-state index contributed by atoms with van der Waals surface area (Å²) in [5, 5.41) is 0. The average Bonchev–Trinajstić information content (AvgIpc) is 2.24. The maximum Gasteiger partial charge on any atom is 0.243 e. The standard InChI is InChI=1S/C11H22N2O2/c12-11(14)10-15-9-5-4-8-13-6-2-1-3-7-13/h1-10H2,(H2,12,14). The number of nitrogens with two attached hydrogens (primary N) is 1. The van der Waals surface area contributed by atoms with E-state index in [0.717, 1.165) is 12.8 Å². The molecular formula is C11H22N2O2. The maximum absolute atomic E-state index is 10.4. The minimum Gasteiger partial charge on any atom is -0.372 e. The Morgan fingerprint density at radius 3 is 2.60 bits per heavy atom. The van der Waals surface area contributed by atoms with Crippen LogP contribution in [-0.4, -0.2) is 43.7 Å². The molecule has 15 heavy (non-hydrogen) atoms. The summed E-state index contributed by atoms with van der Waals surface area (Å²) in [4.78, 5) is 12.9. The molecule has 0 radical (unpaired) electrons. The number of amides is 1. The largest absolute Gasteiger partial charge is 0.372 e. The van der Waals surface area contributed by atoms with Gasteiger partial charge in [-0.3, -0.25) is 4.79 Å². The molecule has 0 aromatic heterocycles. The molecule has 0 spiro atoms. The van der Waals surface area contributed by atoms with Gasteiger partial charge in [0.2, 0.25) is 5.91 Å². The molecule has 1 rings (SSSR count). The van der Waals surface area contributed by atoms with Crippen LogP contribution in [0.1, 0.15) is 32.1 Å². The molecule has 4 heteroatoms. The van der Waals surface area contributed by atoms with Crippen LogP contribution in [-0.2, 0) is 9.53 Å². The maximum atomic E-state index is 10.4. The molecule has 0 aliphatic carbocycles. The first kappa shape index (κ1) is 12.5. The van der Waals surface area contributed by atoms with E-state index in [-0.39, 0.29) is 12.5 Å². The highest BCUT2D eigenvalue weighted by atomic mass is 16.5. The third-order valence-corrected chi connectivity index (χ3v) is 2.71. The Kier molecular flexibility index (Phi) is 6.36. The Morgan fingerprint density at radius 2 is 1.93 bits per heavy atom. The number of piperidine rings is 1. The van der Waals surface area contributed by atoms with Crippen molar-refractivity contribution in [3.63, 3.8) is 0 Å². The highest BCUT2D eigenvalue weighted by Gasteiger charge is 2.08. The summed E-state index contributed by atoms with van der Waals surface area (Å²) in [7, 11) is 0. The van der Waals surface area contributed by atoms with Gasteiger partial charge in [-0.2, -0.15) is 0 Å². The minimum absolute atomic E-state index is 0.0592. The van der Waals surface area contributed by atoms with Gasteiger partial charge in [-0.1, -0.05) is 6.42 Å². The van der Waals surface area contributed by atoms with Crippen LogP contribution < -0.4 is 5.73 Å². The second-order valence-corrected chi connectivity index (χ2v) is 4.13. The monoisotopic (exact) mass is 214 g/mol. The smallest absolute Gasteiger partial charge is 0.243 e. The zero-order valence-corrected chi connectivity index (χ0v) is 9.41. The molecular weight excluding hydrogens is 192 g/mol. The van der Waals surface area contributed by atoms with Gasteiger partial charge < -0.3 is 15.4 Å². The number of unbranched alkanes of at least 4 members (excludes halogenated alkanes) is 1. The summed E-state index contributed by atoms with van der Waals surface area (Å²) in [5.74, 6) is -0.383. The Balaban J connectivity index is 1.85. The van der Waals surface area contributed by atoms with Gasteiger partial charge >= 0.3 is 0 Å². The minimum atomic E-state index is -0.383. The van der Waals surface area contributed by atoms with Crippen molar-refractivity contribution in [3.8, 4) is 0 Å². The van der Waals surface area contributed by atoms with E-state index in [1.807, 2.05) is 0 Å². The van der Waals surface area contributed by atoms with Crippen LogP contribution in [0, 0.1) is 0 Å². The summed E-state index contributed by atoms with van der Waals surface area (Å²) in [6.07, 6.45) is 6.25. The van der Waals surface area contributed by atoms with Gasteiger partial charge in [-0.05, 0) is 45.3 Å². The lowest BCUT2D eigenvalue weighted by Crippen LogP contribution is -2.30. The zero-order valence-electron chi connectivity index (χ0n) is 9.41. The van der Waals surface area contributed by atoms with Gasteiger partial charge in [0.1, 0.15) is 6.61 Å². The van der Waals surface area contributed by atoms with Crippen LogP contribution in [0.2, 0.25) is 0 Å². The van der Waals surface area contributed by atoms with E-state index < -0.39 is 0 Å². The van der Waals surface area contributed by atoms with Crippen molar-refractivity contribution in [3.05, 3.63) is 0 Å². The number of hydrogen-bond donors (Lipinski definition) is 1. The molecule has 1 aliphatic heterocycles. The van der Waals surface area contributed by atoms with E-state index in [9.17, 15) is 4.79 Å². The van der Waals surface area contributed by atoms with Crippen LogP contribution in [0.25, 0.3) is 0 Å². The number of hydrogen-bond acceptors (Lipinski definition) is 3.